The van der Waals surface area contributed by atoms with Crippen LogP contribution in [0.2, 0.25) is 0 Å². The molecule has 8 nitrogen and oxygen atoms in total. The number of hydrogen-bond donors (Lipinski definition) is 3. The monoisotopic (exact) mass is 378 g/mol. The third-order valence-electron chi connectivity index (χ3n) is 4.26. The molecule has 8 heteroatoms. The zero-order chi connectivity index (χ0) is 19.9. The predicted molar refractivity (Wildman–Crippen MR) is 104 cm³/mol. The molecule has 0 spiro atoms. The van der Waals surface area contributed by atoms with Crippen LogP contribution in [0.4, 0.5) is 4.79 Å². The molecular weight excluding hydrogens is 356 g/mol. The first-order valence-corrected chi connectivity index (χ1v) is 8.84. The number of carbonyl (C=O) groups excluding carboxylic acids is 2. The van der Waals surface area contributed by atoms with Gasteiger partial charge in [-0.15, -0.1) is 0 Å². The average Bonchev–Trinajstić information content (AvgIpc) is 3.21. The molecule has 0 saturated carbocycles. The molecule has 0 aliphatic heterocycles. The number of nitrogens with two attached hydrogens (primary N) is 1. The minimum Gasteiger partial charge on any atom is -0.352 e. The molecule has 1 heterocycles. The molecule has 1 aromatic heterocycles. The number of hydrogen-bond acceptors (Lipinski definition) is 4. The van der Waals surface area contributed by atoms with E-state index in [1.807, 2.05) is 55.5 Å². The average molecular weight is 378 g/mol. The SMILES string of the molecule is Cc1cccc(C(CC(=O)NCc2ccc(-n3cncn3)cc2)NC(N)=O)c1. The molecule has 0 aliphatic carbocycles. The second kappa shape index (κ2) is 8.81. The molecule has 0 bridgehead atoms. The summed E-state index contributed by atoms with van der Waals surface area (Å²) in [4.78, 5) is 27.6. The summed E-state index contributed by atoms with van der Waals surface area (Å²) in [6.45, 7) is 2.33. The Morgan fingerprint density at radius 2 is 1.96 bits per heavy atom. The molecule has 1 unspecified atom stereocenters. The van der Waals surface area contributed by atoms with Gasteiger partial charge in [0.15, 0.2) is 0 Å². The smallest absolute Gasteiger partial charge is 0.312 e. The van der Waals surface area contributed by atoms with Crippen molar-refractivity contribution in [2.45, 2.75) is 25.9 Å². The summed E-state index contributed by atoms with van der Waals surface area (Å²) in [5, 5.41) is 9.59. The number of urea groups is 1. The van der Waals surface area contributed by atoms with Gasteiger partial charge < -0.3 is 16.4 Å². The molecule has 28 heavy (non-hydrogen) atoms. The summed E-state index contributed by atoms with van der Waals surface area (Å²) in [7, 11) is 0. The maximum Gasteiger partial charge on any atom is 0.312 e. The van der Waals surface area contributed by atoms with Gasteiger partial charge in [-0.1, -0.05) is 42.0 Å². The minimum absolute atomic E-state index is 0.101. The van der Waals surface area contributed by atoms with Crippen LogP contribution in [0.1, 0.15) is 29.2 Å². The first-order valence-electron chi connectivity index (χ1n) is 8.84. The predicted octanol–water partition coefficient (Wildman–Crippen LogP) is 1.99. The number of primary amides is 1. The van der Waals surface area contributed by atoms with Crippen molar-refractivity contribution in [2.75, 3.05) is 0 Å². The standard InChI is InChI=1S/C20H22N6O2/c1-14-3-2-4-16(9-14)18(25-20(21)28)10-19(27)23-11-15-5-7-17(8-6-15)26-13-22-12-24-26/h2-9,12-13,18H,10-11H2,1H3,(H,23,27)(H3,21,25,28). The van der Waals surface area contributed by atoms with Crippen molar-refractivity contribution in [3.8, 4) is 5.69 Å². The van der Waals surface area contributed by atoms with Crippen LogP contribution in [0.15, 0.2) is 61.2 Å². The van der Waals surface area contributed by atoms with Gasteiger partial charge in [-0.05, 0) is 30.2 Å². The molecule has 3 rings (SSSR count). The second-order valence-electron chi connectivity index (χ2n) is 6.46. The number of nitrogens with one attached hydrogen (secondary N) is 2. The minimum atomic E-state index is -0.664. The maximum atomic E-state index is 12.4. The summed E-state index contributed by atoms with van der Waals surface area (Å²) in [5.41, 5.74) is 8.99. The van der Waals surface area contributed by atoms with Crippen molar-refractivity contribution in [1.82, 2.24) is 25.4 Å². The van der Waals surface area contributed by atoms with E-state index in [2.05, 4.69) is 20.7 Å². The van der Waals surface area contributed by atoms with Crippen LogP contribution < -0.4 is 16.4 Å². The lowest BCUT2D eigenvalue weighted by Gasteiger charge is -2.18. The number of carbonyl (C=O) groups is 2. The van der Waals surface area contributed by atoms with E-state index in [9.17, 15) is 9.59 Å². The Bertz CT molecular complexity index is 938. The fourth-order valence-electron chi connectivity index (χ4n) is 2.88. The highest BCUT2D eigenvalue weighted by Crippen LogP contribution is 2.18. The van der Waals surface area contributed by atoms with E-state index in [1.165, 1.54) is 6.33 Å². The van der Waals surface area contributed by atoms with E-state index < -0.39 is 12.1 Å². The molecule has 144 valence electrons. The molecule has 4 N–H and O–H groups in total. The van der Waals surface area contributed by atoms with Gasteiger partial charge >= 0.3 is 6.03 Å². The Hall–Kier alpha value is -3.68. The Kier molecular flexibility index (Phi) is 6.01. The lowest BCUT2D eigenvalue weighted by Crippen LogP contribution is -2.36. The molecule has 3 aromatic rings. The molecular formula is C20H22N6O2. The van der Waals surface area contributed by atoms with Gasteiger partial charge in [0.2, 0.25) is 5.91 Å². The molecule has 0 radical (unpaired) electrons. The number of benzene rings is 2. The summed E-state index contributed by atoms with van der Waals surface area (Å²) < 4.78 is 1.66. The Balaban J connectivity index is 1.59. The topological polar surface area (TPSA) is 115 Å². The summed E-state index contributed by atoms with van der Waals surface area (Å²) in [6.07, 6.45) is 3.19. The third kappa shape index (κ3) is 5.16. The van der Waals surface area contributed by atoms with Crippen molar-refractivity contribution < 1.29 is 9.59 Å². The van der Waals surface area contributed by atoms with Crippen LogP contribution in [0, 0.1) is 6.92 Å². The molecule has 0 aliphatic rings. The van der Waals surface area contributed by atoms with Crippen molar-refractivity contribution in [3.63, 3.8) is 0 Å². The molecule has 1 atom stereocenters. The highest BCUT2D eigenvalue weighted by atomic mass is 16.2. The van der Waals surface area contributed by atoms with E-state index in [0.29, 0.717) is 6.54 Å². The Morgan fingerprint density at radius 3 is 2.61 bits per heavy atom. The fourth-order valence-corrected chi connectivity index (χ4v) is 2.88. The van der Waals surface area contributed by atoms with Crippen LogP contribution >= 0.6 is 0 Å². The van der Waals surface area contributed by atoms with Gasteiger partial charge in [0, 0.05) is 6.54 Å². The van der Waals surface area contributed by atoms with Gasteiger partial charge in [-0.2, -0.15) is 5.10 Å². The number of amides is 3. The van der Waals surface area contributed by atoms with E-state index in [4.69, 9.17) is 5.73 Å². The molecule has 0 saturated heterocycles. The second-order valence-corrected chi connectivity index (χ2v) is 6.46. The summed E-state index contributed by atoms with van der Waals surface area (Å²) in [6, 6.07) is 14.1. The third-order valence-corrected chi connectivity index (χ3v) is 4.26. The Labute approximate surface area is 162 Å². The maximum absolute atomic E-state index is 12.4. The summed E-state index contributed by atoms with van der Waals surface area (Å²) >= 11 is 0. The number of nitrogens with zero attached hydrogens (tertiary/aromatic N) is 3. The van der Waals surface area contributed by atoms with Crippen LogP contribution in [0.25, 0.3) is 5.69 Å². The van der Waals surface area contributed by atoms with Crippen molar-refractivity contribution >= 4 is 11.9 Å². The van der Waals surface area contributed by atoms with Crippen LogP contribution in [-0.4, -0.2) is 26.7 Å². The Morgan fingerprint density at radius 1 is 1.18 bits per heavy atom. The largest absolute Gasteiger partial charge is 0.352 e. The van der Waals surface area contributed by atoms with Gasteiger partial charge in [-0.25, -0.2) is 14.5 Å². The van der Waals surface area contributed by atoms with Gasteiger partial charge in [0.1, 0.15) is 12.7 Å². The van der Waals surface area contributed by atoms with E-state index in [1.54, 1.807) is 11.0 Å². The molecule has 2 aromatic carbocycles. The van der Waals surface area contributed by atoms with E-state index >= 15 is 0 Å². The zero-order valence-electron chi connectivity index (χ0n) is 15.5. The summed E-state index contributed by atoms with van der Waals surface area (Å²) in [5.74, 6) is -0.180. The zero-order valence-corrected chi connectivity index (χ0v) is 15.5. The lowest BCUT2D eigenvalue weighted by molar-refractivity contribution is -0.121. The highest BCUT2D eigenvalue weighted by Gasteiger charge is 2.17. The van der Waals surface area contributed by atoms with E-state index in [-0.39, 0.29) is 12.3 Å². The normalized spacial score (nSPS) is 11.6. The lowest BCUT2D eigenvalue weighted by atomic mass is 10.0. The van der Waals surface area contributed by atoms with Crippen molar-refractivity contribution in [3.05, 3.63) is 77.9 Å². The van der Waals surface area contributed by atoms with Gasteiger partial charge in [0.25, 0.3) is 0 Å². The van der Waals surface area contributed by atoms with Crippen LogP contribution in [0.3, 0.4) is 0 Å². The first kappa shape index (κ1) is 19.1. The van der Waals surface area contributed by atoms with Crippen molar-refractivity contribution in [1.29, 1.82) is 0 Å². The van der Waals surface area contributed by atoms with Gasteiger partial charge in [0.05, 0.1) is 18.2 Å². The quantitative estimate of drug-likeness (QED) is 0.583. The number of rotatable bonds is 7. The van der Waals surface area contributed by atoms with Crippen molar-refractivity contribution in [2.24, 2.45) is 5.73 Å². The van der Waals surface area contributed by atoms with Gasteiger partial charge in [-0.3, -0.25) is 4.79 Å². The molecule has 0 fully saturated rings. The fraction of sp³-hybridized carbons (Fsp3) is 0.200. The molecule has 3 amide bonds. The van der Waals surface area contributed by atoms with E-state index in [0.717, 1.165) is 22.4 Å². The highest BCUT2D eigenvalue weighted by molar-refractivity contribution is 5.78. The first-order chi connectivity index (χ1) is 13.5. The number of aryl methyl sites for hydroxylation is 1. The van der Waals surface area contributed by atoms with Crippen LogP contribution in [-0.2, 0) is 11.3 Å². The van der Waals surface area contributed by atoms with Crippen LogP contribution in [0.5, 0.6) is 0 Å². The number of aromatic nitrogens is 3.